The summed E-state index contributed by atoms with van der Waals surface area (Å²) in [5, 5.41) is 1.13. The van der Waals surface area contributed by atoms with Crippen LogP contribution in [-0.2, 0) is 17.3 Å². The van der Waals surface area contributed by atoms with Crippen molar-refractivity contribution in [3.05, 3.63) is 100.0 Å². The normalized spacial score (nSPS) is 11.3. The topological polar surface area (TPSA) is 76.1 Å². The lowest BCUT2D eigenvalue weighted by molar-refractivity contribution is 0.102. The predicted octanol–water partition coefficient (Wildman–Crippen LogP) is 5.25. The molecule has 3 aromatic carbocycles. The highest BCUT2D eigenvalue weighted by molar-refractivity contribution is 7.70. The van der Waals surface area contributed by atoms with Crippen molar-refractivity contribution in [3.8, 4) is 11.1 Å². The Labute approximate surface area is 205 Å². The van der Waals surface area contributed by atoms with Crippen molar-refractivity contribution in [2.45, 2.75) is 12.8 Å². The lowest BCUT2D eigenvalue weighted by Crippen LogP contribution is -2.15. The highest BCUT2D eigenvalue weighted by atomic mass is 35.5. The second kappa shape index (κ2) is 10.6. The molecule has 1 heterocycles. The molecule has 0 amide bonds. The number of fused-ring (bicyclic) bond motifs is 1. The summed E-state index contributed by atoms with van der Waals surface area (Å²) in [6.45, 7) is -0.00591. The van der Waals surface area contributed by atoms with E-state index >= 15 is 4.39 Å². The summed E-state index contributed by atoms with van der Waals surface area (Å²) in [5.74, 6) is -5.13. The van der Waals surface area contributed by atoms with Gasteiger partial charge in [0.05, 0.1) is 11.1 Å². The number of carbonyl (C=O) groups excluding carboxylic acids is 1. The second-order valence-electron chi connectivity index (χ2n) is 7.76. The molecule has 0 saturated carbocycles. The van der Waals surface area contributed by atoms with E-state index in [-0.39, 0.29) is 30.5 Å². The summed E-state index contributed by atoms with van der Waals surface area (Å²) in [5.41, 5.74) is 0.893. The number of nitrogens with one attached hydrogen (secondary N) is 1. The zero-order chi connectivity index (χ0) is 25.1. The molecule has 0 radical (unpaired) electrons. The van der Waals surface area contributed by atoms with Crippen LogP contribution in [0.5, 0.6) is 0 Å². The van der Waals surface area contributed by atoms with Crippen molar-refractivity contribution in [1.82, 2.24) is 9.71 Å². The average molecular weight is 519 g/mol. The van der Waals surface area contributed by atoms with Gasteiger partial charge in [0.1, 0.15) is 5.82 Å². The summed E-state index contributed by atoms with van der Waals surface area (Å²) >= 11 is 5.94. The van der Waals surface area contributed by atoms with Gasteiger partial charge in [-0.05, 0) is 66.4 Å². The van der Waals surface area contributed by atoms with Crippen LogP contribution in [0.1, 0.15) is 27.9 Å². The standard InChI is InChI=1S/C25H18ClF3N2O3S/c26-19-6-3-14(4-7-19)18-11-17-10-16(5-8-21(17)30-13-18)25(32)22-23(28)15(12-20(27)24(22)29)2-1-9-31-35(33)34/h3-8,10-13,35H,1-2,9H2,(H,31,33,34). The molecule has 0 atom stereocenters. The highest BCUT2D eigenvalue weighted by Crippen LogP contribution is 2.28. The maximum atomic E-state index is 15.1. The smallest absolute Gasteiger partial charge is 0.201 e. The third kappa shape index (κ3) is 5.53. The van der Waals surface area contributed by atoms with Crippen LogP contribution in [0.3, 0.4) is 0 Å². The monoisotopic (exact) mass is 518 g/mol. The minimum Gasteiger partial charge on any atom is -0.288 e. The van der Waals surface area contributed by atoms with Crippen molar-refractivity contribution in [1.29, 1.82) is 0 Å². The second-order valence-corrected chi connectivity index (χ2v) is 9.02. The zero-order valence-electron chi connectivity index (χ0n) is 18.0. The quantitative estimate of drug-likeness (QED) is 0.144. The van der Waals surface area contributed by atoms with Crippen LogP contribution in [0.25, 0.3) is 22.0 Å². The van der Waals surface area contributed by atoms with Gasteiger partial charge in [-0.25, -0.2) is 26.3 Å². The van der Waals surface area contributed by atoms with Crippen molar-refractivity contribution in [2.75, 3.05) is 6.54 Å². The minimum absolute atomic E-state index is 0.00591. The highest BCUT2D eigenvalue weighted by Gasteiger charge is 2.25. The first kappa shape index (κ1) is 24.8. The summed E-state index contributed by atoms with van der Waals surface area (Å²) in [6.07, 6.45) is 1.70. The van der Waals surface area contributed by atoms with E-state index in [1.165, 1.54) is 12.1 Å². The molecule has 0 aliphatic carbocycles. The third-order valence-corrected chi connectivity index (χ3v) is 6.18. The largest absolute Gasteiger partial charge is 0.288 e. The van der Waals surface area contributed by atoms with E-state index in [0.29, 0.717) is 22.0 Å². The van der Waals surface area contributed by atoms with Crippen LogP contribution in [0.4, 0.5) is 13.2 Å². The number of rotatable bonds is 8. The van der Waals surface area contributed by atoms with Gasteiger partial charge >= 0.3 is 0 Å². The van der Waals surface area contributed by atoms with E-state index in [1.807, 2.05) is 12.1 Å². The molecule has 0 spiro atoms. The molecule has 0 aliphatic heterocycles. The number of pyridine rings is 1. The van der Waals surface area contributed by atoms with Gasteiger partial charge in [0.2, 0.25) is 10.9 Å². The molecule has 0 bridgehead atoms. The minimum atomic E-state index is -2.82. The molecule has 5 nitrogen and oxygen atoms in total. The number of aromatic nitrogens is 1. The Hall–Kier alpha value is -3.27. The maximum absolute atomic E-state index is 15.1. The molecule has 4 aromatic rings. The molecular weight excluding hydrogens is 501 g/mol. The van der Waals surface area contributed by atoms with E-state index in [2.05, 4.69) is 9.71 Å². The van der Waals surface area contributed by atoms with Gasteiger partial charge in [-0.15, -0.1) is 0 Å². The molecule has 4 rings (SSSR count). The van der Waals surface area contributed by atoms with Crippen molar-refractivity contribution in [2.24, 2.45) is 0 Å². The van der Waals surface area contributed by atoms with E-state index in [1.54, 1.807) is 30.5 Å². The molecule has 35 heavy (non-hydrogen) atoms. The Morgan fingerprint density at radius 2 is 1.69 bits per heavy atom. The lowest BCUT2D eigenvalue weighted by atomic mass is 9.96. The van der Waals surface area contributed by atoms with Gasteiger partial charge in [-0.1, -0.05) is 23.7 Å². The Morgan fingerprint density at radius 3 is 2.40 bits per heavy atom. The van der Waals surface area contributed by atoms with Crippen LogP contribution < -0.4 is 4.72 Å². The van der Waals surface area contributed by atoms with E-state index in [0.717, 1.165) is 11.1 Å². The molecule has 180 valence electrons. The van der Waals surface area contributed by atoms with Gasteiger partial charge in [0, 0.05) is 34.3 Å². The Balaban J connectivity index is 1.69. The first-order valence-corrected chi connectivity index (χ1v) is 12.0. The fraction of sp³-hybridized carbons (Fsp3) is 0.120. The number of benzene rings is 3. The van der Waals surface area contributed by atoms with Gasteiger partial charge < -0.3 is 0 Å². The number of hydrogen-bond acceptors (Lipinski definition) is 4. The Bertz CT molecular complexity index is 1500. The van der Waals surface area contributed by atoms with Gasteiger partial charge in [-0.3, -0.25) is 9.78 Å². The number of carbonyl (C=O) groups is 1. The average Bonchev–Trinajstić information content (AvgIpc) is 2.84. The van der Waals surface area contributed by atoms with Crippen LogP contribution in [0.2, 0.25) is 5.02 Å². The SMILES string of the molecule is O=C(c1ccc2ncc(-c3ccc(Cl)cc3)cc2c1)c1c(F)c(F)cc(CCCN[SH](=O)=O)c1F. The zero-order valence-corrected chi connectivity index (χ0v) is 19.7. The third-order valence-electron chi connectivity index (χ3n) is 5.44. The first-order chi connectivity index (χ1) is 16.7. The number of nitrogens with zero attached hydrogens (tertiary/aromatic N) is 1. The van der Waals surface area contributed by atoms with Crippen LogP contribution in [0.15, 0.2) is 60.8 Å². The van der Waals surface area contributed by atoms with Crippen molar-refractivity contribution >= 4 is 39.2 Å². The number of ketones is 1. The van der Waals surface area contributed by atoms with Gasteiger partial charge in [0.15, 0.2) is 17.4 Å². The summed E-state index contributed by atoms with van der Waals surface area (Å²) in [6, 6.07) is 13.9. The molecule has 0 saturated heterocycles. The van der Waals surface area contributed by atoms with Crippen LogP contribution in [-0.4, -0.2) is 25.7 Å². The predicted molar refractivity (Wildman–Crippen MR) is 129 cm³/mol. The molecule has 1 aromatic heterocycles. The lowest BCUT2D eigenvalue weighted by Gasteiger charge is -2.11. The summed E-state index contributed by atoms with van der Waals surface area (Å²) in [7, 11) is -2.82. The molecular formula is C25H18ClF3N2O3S. The Morgan fingerprint density at radius 1 is 0.943 bits per heavy atom. The summed E-state index contributed by atoms with van der Waals surface area (Å²) < 4.78 is 67.1. The number of aryl methyl sites for hydroxylation is 1. The van der Waals surface area contributed by atoms with E-state index in [4.69, 9.17) is 11.6 Å². The van der Waals surface area contributed by atoms with Gasteiger partial charge in [-0.2, -0.15) is 0 Å². The molecule has 1 N–H and O–H groups in total. The Kier molecular flexibility index (Phi) is 7.49. The fourth-order valence-electron chi connectivity index (χ4n) is 3.70. The van der Waals surface area contributed by atoms with Crippen molar-refractivity contribution < 1.29 is 26.4 Å². The molecule has 0 aliphatic rings. The number of thiol groups is 1. The van der Waals surface area contributed by atoms with Crippen LogP contribution in [0, 0.1) is 17.5 Å². The van der Waals surface area contributed by atoms with E-state index in [9.17, 15) is 22.0 Å². The molecule has 0 fully saturated rings. The van der Waals surface area contributed by atoms with E-state index < -0.39 is 39.7 Å². The maximum Gasteiger partial charge on any atom is 0.201 e. The number of hydrogen-bond donors (Lipinski definition) is 2. The molecule has 0 unspecified atom stereocenters. The summed E-state index contributed by atoms with van der Waals surface area (Å²) in [4.78, 5) is 17.4. The molecule has 10 heteroatoms. The number of halogens is 4. The van der Waals surface area contributed by atoms with Crippen molar-refractivity contribution in [3.63, 3.8) is 0 Å². The van der Waals surface area contributed by atoms with Crippen LogP contribution >= 0.6 is 11.6 Å². The van der Waals surface area contributed by atoms with Gasteiger partial charge in [0.25, 0.3) is 0 Å². The first-order valence-electron chi connectivity index (χ1n) is 10.5. The fourth-order valence-corrected chi connectivity index (χ4v) is 4.17.